The second kappa shape index (κ2) is 4.29. The summed E-state index contributed by atoms with van der Waals surface area (Å²) in [7, 11) is 0. The lowest BCUT2D eigenvalue weighted by Crippen LogP contribution is -2.05. The van der Waals surface area contributed by atoms with Crippen molar-refractivity contribution in [1.29, 1.82) is 0 Å². The Hall–Kier alpha value is -0.580. The van der Waals surface area contributed by atoms with Gasteiger partial charge in [0, 0.05) is 4.47 Å². The molecule has 1 rings (SSSR count). The molecule has 1 aromatic carbocycles. The maximum Gasteiger partial charge on any atom is 0.336 e. The summed E-state index contributed by atoms with van der Waals surface area (Å²) in [6.45, 7) is 1.39. The first-order valence-corrected chi connectivity index (χ1v) is 4.97. The summed E-state index contributed by atoms with van der Waals surface area (Å²) in [6, 6.07) is 1.33. The quantitative estimate of drug-likeness (QED) is 0.875. The van der Waals surface area contributed by atoms with E-state index in [0.29, 0.717) is 20.6 Å². The van der Waals surface area contributed by atoms with E-state index in [1.807, 2.05) is 0 Å². The molecule has 0 spiro atoms. The summed E-state index contributed by atoms with van der Waals surface area (Å²) in [6.07, 6.45) is 0. The number of aliphatic hydroxyl groups is 1. The SMILES string of the molecule is Cc1c(Br)c(Cl)cc(C(=O)O)c1CO. The van der Waals surface area contributed by atoms with Crippen LogP contribution >= 0.6 is 27.5 Å². The standard InChI is InChI=1S/C9H8BrClO3/c1-4-6(3-12)5(9(13)14)2-7(11)8(4)10/h2,12H,3H2,1H3,(H,13,14). The molecule has 0 aliphatic heterocycles. The highest BCUT2D eigenvalue weighted by molar-refractivity contribution is 9.10. The first kappa shape index (κ1) is 11.5. The van der Waals surface area contributed by atoms with Crippen LogP contribution < -0.4 is 0 Å². The largest absolute Gasteiger partial charge is 0.478 e. The topological polar surface area (TPSA) is 57.5 Å². The molecule has 0 saturated carbocycles. The van der Waals surface area contributed by atoms with E-state index in [1.54, 1.807) is 6.92 Å². The Morgan fingerprint density at radius 1 is 1.64 bits per heavy atom. The Labute approximate surface area is 94.4 Å². The molecule has 0 unspecified atom stereocenters. The summed E-state index contributed by atoms with van der Waals surface area (Å²) in [5.74, 6) is -1.09. The smallest absolute Gasteiger partial charge is 0.336 e. The van der Waals surface area contributed by atoms with Crippen LogP contribution in [0.4, 0.5) is 0 Å². The molecule has 2 N–H and O–H groups in total. The van der Waals surface area contributed by atoms with Crippen molar-refractivity contribution in [2.45, 2.75) is 13.5 Å². The van der Waals surface area contributed by atoms with Crippen LogP contribution in [0.25, 0.3) is 0 Å². The monoisotopic (exact) mass is 278 g/mol. The Morgan fingerprint density at radius 2 is 2.21 bits per heavy atom. The van der Waals surface area contributed by atoms with Crippen LogP contribution in [0.5, 0.6) is 0 Å². The van der Waals surface area contributed by atoms with Crippen LogP contribution in [0.2, 0.25) is 5.02 Å². The molecule has 0 aliphatic carbocycles. The number of aliphatic hydroxyl groups excluding tert-OH is 1. The lowest BCUT2D eigenvalue weighted by Gasteiger charge is -2.10. The number of carboxylic acid groups (broad SMARTS) is 1. The van der Waals surface area contributed by atoms with E-state index < -0.39 is 5.97 Å². The molecule has 0 bridgehead atoms. The van der Waals surface area contributed by atoms with E-state index in [4.69, 9.17) is 21.8 Å². The van der Waals surface area contributed by atoms with Crippen molar-refractivity contribution in [1.82, 2.24) is 0 Å². The third-order valence-corrected chi connectivity index (χ3v) is 3.52. The molecule has 1 aromatic rings. The zero-order valence-corrected chi connectivity index (χ0v) is 9.68. The summed E-state index contributed by atoms with van der Waals surface area (Å²) in [5.41, 5.74) is 1.07. The van der Waals surface area contributed by atoms with Crippen molar-refractivity contribution in [2.75, 3.05) is 0 Å². The molecule has 0 amide bonds. The van der Waals surface area contributed by atoms with Gasteiger partial charge in [-0.25, -0.2) is 4.79 Å². The Morgan fingerprint density at radius 3 is 2.64 bits per heavy atom. The van der Waals surface area contributed by atoms with Crippen molar-refractivity contribution >= 4 is 33.5 Å². The predicted molar refractivity (Wildman–Crippen MR) is 56.8 cm³/mol. The summed E-state index contributed by atoms with van der Waals surface area (Å²) < 4.78 is 0.619. The number of benzene rings is 1. The third kappa shape index (κ3) is 1.92. The van der Waals surface area contributed by atoms with Crippen LogP contribution in [-0.4, -0.2) is 16.2 Å². The van der Waals surface area contributed by atoms with Gasteiger partial charge in [0.2, 0.25) is 0 Å². The van der Waals surface area contributed by atoms with Crippen molar-refractivity contribution in [3.8, 4) is 0 Å². The summed E-state index contributed by atoms with van der Waals surface area (Å²) >= 11 is 9.02. The van der Waals surface area contributed by atoms with Crippen LogP contribution in [0.3, 0.4) is 0 Å². The minimum Gasteiger partial charge on any atom is -0.478 e. The Balaban J connectivity index is 3.51. The van der Waals surface area contributed by atoms with Gasteiger partial charge in [0.1, 0.15) is 0 Å². The Bertz CT molecular complexity index is 390. The Kier molecular flexibility index (Phi) is 3.53. The molecule has 0 fully saturated rings. The average Bonchev–Trinajstić information content (AvgIpc) is 2.13. The summed E-state index contributed by atoms with van der Waals surface area (Å²) in [4.78, 5) is 10.8. The van der Waals surface area contributed by atoms with Gasteiger partial charge in [-0.05, 0) is 40.0 Å². The number of rotatable bonds is 2. The first-order valence-electron chi connectivity index (χ1n) is 3.80. The van der Waals surface area contributed by atoms with E-state index in [1.165, 1.54) is 6.07 Å². The minimum absolute atomic E-state index is 0.0400. The molecular weight excluding hydrogens is 271 g/mol. The van der Waals surface area contributed by atoms with Crippen LogP contribution in [-0.2, 0) is 6.61 Å². The van der Waals surface area contributed by atoms with Gasteiger partial charge in [-0.3, -0.25) is 0 Å². The van der Waals surface area contributed by atoms with Crippen molar-refractivity contribution in [3.05, 3.63) is 32.3 Å². The molecule has 0 radical (unpaired) electrons. The fourth-order valence-electron chi connectivity index (χ4n) is 1.19. The van der Waals surface area contributed by atoms with Crippen LogP contribution in [0, 0.1) is 6.92 Å². The predicted octanol–water partition coefficient (Wildman–Crippen LogP) is 2.60. The zero-order valence-electron chi connectivity index (χ0n) is 7.34. The number of aromatic carboxylic acids is 1. The maximum atomic E-state index is 10.8. The van der Waals surface area contributed by atoms with Gasteiger partial charge in [0.05, 0.1) is 17.2 Å². The van der Waals surface area contributed by atoms with E-state index in [9.17, 15) is 4.79 Å². The van der Waals surface area contributed by atoms with E-state index in [2.05, 4.69) is 15.9 Å². The number of carbonyl (C=O) groups is 1. The van der Waals surface area contributed by atoms with Crippen molar-refractivity contribution < 1.29 is 15.0 Å². The van der Waals surface area contributed by atoms with Gasteiger partial charge < -0.3 is 10.2 Å². The molecule has 76 valence electrons. The number of halogens is 2. The average molecular weight is 280 g/mol. The number of hydrogen-bond donors (Lipinski definition) is 2. The van der Waals surface area contributed by atoms with E-state index in [-0.39, 0.29) is 12.2 Å². The lowest BCUT2D eigenvalue weighted by molar-refractivity contribution is 0.0693. The number of carboxylic acids is 1. The molecular formula is C9H8BrClO3. The minimum atomic E-state index is -1.09. The van der Waals surface area contributed by atoms with E-state index >= 15 is 0 Å². The van der Waals surface area contributed by atoms with Gasteiger partial charge in [-0.2, -0.15) is 0 Å². The van der Waals surface area contributed by atoms with Gasteiger partial charge >= 0.3 is 5.97 Å². The molecule has 0 aromatic heterocycles. The number of hydrogen-bond acceptors (Lipinski definition) is 2. The fourth-order valence-corrected chi connectivity index (χ4v) is 1.79. The van der Waals surface area contributed by atoms with Crippen LogP contribution in [0.1, 0.15) is 21.5 Å². The maximum absolute atomic E-state index is 10.8. The van der Waals surface area contributed by atoms with Gasteiger partial charge in [0.25, 0.3) is 0 Å². The molecule has 0 atom stereocenters. The van der Waals surface area contributed by atoms with Gasteiger partial charge in [0.15, 0.2) is 0 Å². The van der Waals surface area contributed by atoms with Crippen molar-refractivity contribution in [3.63, 3.8) is 0 Å². The van der Waals surface area contributed by atoms with Gasteiger partial charge in [-0.1, -0.05) is 11.6 Å². The summed E-state index contributed by atoms with van der Waals surface area (Å²) in [5, 5.41) is 18.2. The molecule has 3 nitrogen and oxygen atoms in total. The molecule has 14 heavy (non-hydrogen) atoms. The normalized spacial score (nSPS) is 10.3. The van der Waals surface area contributed by atoms with E-state index in [0.717, 1.165) is 0 Å². The highest BCUT2D eigenvalue weighted by Gasteiger charge is 2.16. The molecule has 0 aliphatic rings. The lowest BCUT2D eigenvalue weighted by atomic mass is 10.0. The second-order valence-electron chi connectivity index (χ2n) is 2.79. The molecule has 5 heteroatoms. The first-order chi connectivity index (χ1) is 6.49. The highest BCUT2D eigenvalue weighted by atomic mass is 79.9. The highest BCUT2D eigenvalue weighted by Crippen LogP contribution is 2.31. The van der Waals surface area contributed by atoms with Gasteiger partial charge in [-0.15, -0.1) is 0 Å². The van der Waals surface area contributed by atoms with Crippen LogP contribution in [0.15, 0.2) is 10.5 Å². The fraction of sp³-hybridized carbons (Fsp3) is 0.222. The second-order valence-corrected chi connectivity index (χ2v) is 3.99. The van der Waals surface area contributed by atoms with Crippen molar-refractivity contribution in [2.24, 2.45) is 0 Å². The molecule has 0 saturated heterocycles. The molecule has 0 heterocycles. The zero-order chi connectivity index (χ0) is 10.9. The third-order valence-electron chi connectivity index (χ3n) is 1.98.